The van der Waals surface area contributed by atoms with Gasteiger partial charge in [0.1, 0.15) is 17.9 Å². The molecule has 1 N–H and O–H groups in total. The Labute approximate surface area is 175 Å². The molecular formula is C15H8BrCl4F3N2O. The summed E-state index contributed by atoms with van der Waals surface area (Å²) in [4.78, 5) is 2.21. The zero-order valence-electron chi connectivity index (χ0n) is 12.5. The molecule has 0 aliphatic rings. The highest BCUT2D eigenvalue weighted by molar-refractivity contribution is 9.10. The SMILES string of the molecule is N#Cc1c(C(OCC(Cl)(Cl)Cl)c2ccc(Cl)cc2)[nH]c(C(F)(F)F)c1Br. The zero-order valence-corrected chi connectivity index (χ0v) is 17.1. The first-order valence-electron chi connectivity index (χ1n) is 6.76. The van der Waals surface area contributed by atoms with E-state index >= 15 is 0 Å². The van der Waals surface area contributed by atoms with Gasteiger partial charge in [0.2, 0.25) is 3.79 Å². The van der Waals surface area contributed by atoms with Crippen molar-refractivity contribution < 1.29 is 17.9 Å². The Hall–Kier alpha value is -0.620. The second-order valence-electron chi connectivity index (χ2n) is 5.07. The minimum atomic E-state index is -4.71. The Balaban J connectivity index is 2.58. The Morgan fingerprint density at radius 1 is 1.19 bits per heavy atom. The zero-order chi connectivity index (χ0) is 19.7. The third-order valence-electron chi connectivity index (χ3n) is 3.21. The molecule has 1 aromatic heterocycles. The molecule has 0 saturated heterocycles. The van der Waals surface area contributed by atoms with E-state index in [0.29, 0.717) is 10.6 Å². The lowest BCUT2D eigenvalue weighted by atomic mass is 10.0. The normalized spacial score (nSPS) is 13.5. The molecule has 1 atom stereocenters. The minimum absolute atomic E-state index is 0.122. The highest BCUT2D eigenvalue weighted by Crippen LogP contribution is 2.41. The van der Waals surface area contributed by atoms with Crippen LogP contribution in [0.4, 0.5) is 13.2 Å². The number of nitriles is 1. The number of ether oxygens (including phenoxy) is 1. The summed E-state index contributed by atoms with van der Waals surface area (Å²) in [7, 11) is 0. The molecule has 2 rings (SSSR count). The number of H-pyrrole nitrogens is 1. The number of aromatic nitrogens is 1. The highest BCUT2D eigenvalue weighted by atomic mass is 79.9. The van der Waals surface area contributed by atoms with Crippen molar-refractivity contribution >= 4 is 62.3 Å². The smallest absolute Gasteiger partial charge is 0.363 e. The molecule has 0 aliphatic carbocycles. The lowest BCUT2D eigenvalue weighted by molar-refractivity contribution is -0.141. The molecule has 0 amide bonds. The maximum atomic E-state index is 13.2. The number of aromatic amines is 1. The van der Waals surface area contributed by atoms with Gasteiger partial charge in [-0.3, -0.25) is 0 Å². The molecule has 1 unspecified atom stereocenters. The molecule has 0 bridgehead atoms. The fourth-order valence-corrected chi connectivity index (χ4v) is 3.10. The van der Waals surface area contributed by atoms with E-state index in [9.17, 15) is 18.4 Å². The maximum absolute atomic E-state index is 13.2. The van der Waals surface area contributed by atoms with Gasteiger partial charge in [-0.2, -0.15) is 18.4 Å². The van der Waals surface area contributed by atoms with E-state index in [-0.39, 0.29) is 11.3 Å². The molecule has 0 fully saturated rings. The lowest BCUT2D eigenvalue weighted by Crippen LogP contribution is -2.18. The number of hydrogen-bond donors (Lipinski definition) is 1. The van der Waals surface area contributed by atoms with E-state index < -0.39 is 32.8 Å². The molecule has 0 radical (unpaired) electrons. The Kier molecular flexibility index (Phi) is 6.81. The summed E-state index contributed by atoms with van der Waals surface area (Å²) in [6.07, 6.45) is -5.83. The van der Waals surface area contributed by atoms with Crippen molar-refractivity contribution in [2.45, 2.75) is 16.1 Å². The molecule has 0 spiro atoms. The standard InChI is InChI=1S/C15H8BrCl4F3N2O/c16-10-9(5-24)11(25-13(10)15(21,22)23)12(26-6-14(18,19)20)7-1-3-8(17)4-2-7/h1-4,12,25H,6H2. The number of nitrogens with zero attached hydrogens (tertiary/aromatic N) is 1. The number of hydrogen-bond acceptors (Lipinski definition) is 2. The van der Waals surface area contributed by atoms with Crippen molar-refractivity contribution in [1.29, 1.82) is 5.26 Å². The minimum Gasteiger partial charge on any atom is -0.363 e. The molecule has 1 heterocycles. The summed E-state index contributed by atoms with van der Waals surface area (Å²) >= 11 is 25.7. The summed E-state index contributed by atoms with van der Waals surface area (Å²) in [6.45, 7) is -0.423. The van der Waals surface area contributed by atoms with Gasteiger partial charge in [-0.1, -0.05) is 58.5 Å². The number of benzene rings is 1. The predicted octanol–water partition coefficient (Wildman–Crippen LogP) is 6.80. The van der Waals surface area contributed by atoms with E-state index in [4.69, 9.17) is 51.1 Å². The van der Waals surface area contributed by atoms with Crippen molar-refractivity contribution in [2.24, 2.45) is 0 Å². The molecule has 11 heteroatoms. The second-order valence-corrected chi connectivity index (χ2v) is 8.82. The average Bonchev–Trinajstić information content (AvgIpc) is 2.85. The van der Waals surface area contributed by atoms with Crippen LogP contribution < -0.4 is 0 Å². The van der Waals surface area contributed by atoms with E-state index in [1.165, 1.54) is 24.3 Å². The Morgan fingerprint density at radius 2 is 1.77 bits per heavy atom. The fourth-order valence-electron chi connectivity index (χ4n) is 2.16. The van der Waals surface area contributed by atoms with Crippen molar-refractivity contribution in [3.05, 3.63) is 56.3 Å². The molecule has 0 saturated carbocycles. The van der Waals surface area contributed by atoms with Crippen LogP contribution in [-0.4, -0.2) is 15.4 Å². The number of rotatable bonds is 4. The number of nitrogens with one attached hydrogen (secondary N) is 1. The largest absolute Gasteiger partial charge is 0.432 e. The van der Waals surface area contributed by atoms with Crippen molar-refractivity contribution in [2.75, 3.05) is 6.61 Å². The Morgan fingerprint density at radius 3 is 2.23 bits per heavy atom. The lowest BCUT2D eigenvalue weighted by Gasteiger charge is -2.21. The number of halogens is 8. The molecule has 26 heavy (non-hydrogen) atoms. The van der Waals surface area contributed by atoms with Gasteiger partial charge in [0.25, 0.3) is 0 Å². The maximum Gasteiger partial charge on any atom is 0.432 e. The first-order chi connectivity index (χ1) is 11.9. The van der Waals surface area contributed by atoms with Gasteiger partial charge in [0, 0.05) is 5.02 Å². The van der Waals surface area contributed by atoms with Gasteiger partial charge in [-0.25, -0.2) is 0 Å². The third-order valence-corrected chi connectivity index (χ3v) is 4.58. The summed E-state index contributed by atoms with van der Waals surface area (Å²) in [5, 5.41) is 9.74. The van der Waals surface area contributed by atoms with Crippen LogP contribution in [0.5, 0.6) is 0 Å². The summed E-state index contributed by atoms with van der Waals surface area (Å²) < 4.78 is 42.9. The predicted molar refractivity (Wildman–Crippen MR) is 97.7 cm³/mol. The van der Waals surface area contributed by atoms with E-state index in [1.54, 1.807) is 6.07 Å². The van der Waals surface area contributed by atoms with Crippen LogP contribution in [-0.2, 0) is 10.9 Å². The third kappa shape index (κ3) is 5.22. The molecular weight excluding hydrogens is 503 g/mol. The molecule has 3 nitrogen and oxygen atoms in total. The van der Waals surface area contributed by atoms with Crippen molar-refractivity contribution in [3.63, 3.8) is 0 Å². The van der Waals surface area contributed by atoms with Gasteiger partial charge in [-0.05, 0) is 33.6 Å². The van der Waals surface area contributed by atoms with Gasteiger partial charge >= 0.3 is 6.18 Å². The van der Waals surface area contributed by atoms with E-state index in [2.05, 4.69) is 20.9 Å². The topological polar surface area (TPSA) is 48.8 Å². The summed E-state index contributed by atoms with van der Waals surface area (Å²) in [5.41, 5.74) is -1.08. The first-order valence-corrected chi connectivity index (χ1v) is 9.07. The Bertz CT molecular complexity index is 826. The highest BCUT2D eigenvalue weighted by Gasteiger charge is 2.39. The van der Waals surface area contributed by atoms with Gasteiger partial charge in [0.05, 0.1) is 22.3 Å². The summed E-state index contributed by atoms with van der Waals surface area (Å²) in [6, 6.07) is 7.85. The van der Waals surface area contributed by atoms with Gasteiger partial charge in [-0.15, -0.1) is 0 Å². The summed E-state index contributed by atoms with van der Waals surface area (Å²) in [5.74, 6) is 0. The monoisotopic (exact) mass is 508 g/mol. The van der Waals surface area contributed by atoms with Gasteiger partial charge < -0.3 is 9.72 Å². The quantitative estimate of drug-likeness (QED) is 0.460. The van der Waals surface area contributed by atoms with Crippen LogP contribution in [0.15, 0.2) is 28.7 Å². The van der Waals surface area contributed by atoms with Crippen LogP contribution in [0.25, 0.3) is 0 Å². The molecule has 0 aliphatic heterocycles. The van der Waals surface area contributed by atoms with Gasteiger partial charge in [0.15, 0.2) is 0 Å². The molecule has 2 aromatic rings. The van der Waals surface area contributed by atoms with Crippen LogP contribution >= 0.6 is 62.3 Å². The fraction of sp³-hybridized carbons (Fsp3) is 0.267. The van der Waals surface area contributed by atoms with Crippen LogP contribution in [0.2, 0.25) is 5.02 Å². The van der Waals surface area contributed by atoms with E-state index in [1.807, 2.05) is 0 Å². The number of alkyl halides is 6. The first kappa shape index (κ1) is 21.7. The van der Waals surface area contributed by atoms with Crippen LogP contribution in [0.3, 0.4) is 0 Å². The van der Waals surface area contributed by atoms with Crippen LogP contribution in [0, 0.1) is 11.3 Å². The molecule has 140 valence electrons. The average molecular weight is 511 g/mol. The van der Waals surface area contributed by atoms with E-state index in [0.717, 1.165) is 0 Å². The van der Waals surface area contributed by atoms with Crippen molar-refractivity contribution in [3.8, 4) is 6.07 Å². The van der Waals surface area contributed by atoms with Crippen molar-refractivity contribution in [1.82, 2.24) is 4.98 Å². The second kappa shape index (κ2) is 8.17. The van der Waals surface area contributed by atoms with Crippen LogP contribution in [0.1, 0.15) is 28.6 Å². The molecule has 1 aromatic carbocycles.